The molecule has 0 aliphatic rings. The Balaban J connectivity index is 1.65. The third-order valence-electron chi connectivity index (χ3n) is 5.59. The Labute approximate surface area is 220 Å². The number of hydrogen-bond donors (Lipinski definition) is 2. The molecule has 0 saturated carbocycles. The molecular weight excluding hydrogens is 579 g/mol. The molecule has 4 aromatic carbocycles. The molecule has 0 spiro atoms. The van der Waals surface area contributed by atoms with Crippen LogP contribution in [0.15, 0.2) is 109 Å². The Morgan fingerprint density at radius 3 is 1.22 bits per heavy atom. The predicted octanol–water partition coefficient (Wildman–Crippen LogP) is 2.98. The monoisotopic (exact) mass is 606 g/mol. The van der Waals surface area contributed by atoms with Gasteiger partial charge < -0.3 is 0 Å². The molecule has 0 fully saturated rings. The van der Waals surface area contributed by atoms with Crippen molar-refractivity contribution in [1.82, 2.24) is 11.0 Å². The Kier molecular flexibility index (Phi) is 8.78. The third-order valence-corrected chi connectivity index (χ3v) is 14.1. The van der Waals surface area contributed by atoms with Gasteiger partial charge in [0.15, 0.2) is 0 Å². The first-order chi connectivity index (χ1) is 18.1. The molecule has 0 bridgehead atoms. The molecular formula is C28H26N2O6Sn. The fraction of sp³-hybridized carbons (Fsp3) is 0.0714. The van der Waals surface area contributed by atoms with Gasteiger partial charge in [0.2, 0.25) is 0 Å². The van der Waals surface area contributed by atoms with Crippen molar-refractivity contribution in [3.63, 3.8) is 0 Å². The molecule has 37 heavy (non-hydrogen) atoms. The standard InChI is InChI=1S/2C8H8NO3.2C6H5.Sn/c2*1-12-7-4-2-6(3-5-7)8(10)9-11;2*1-2-4-6-5-3-1;/h2*2-5H,1H3,(H-,9,10,11);2*1-5H;/q2*-1;;;+2. The first-order valence-electron chi connectivity index (χ1n) is 11.4. The van der Waals surface area contributed by atoms with Crippen molar-refractivity contribution in [1.29, 1.82) is 0 Å². The first-order valence-corrected chi connectivity index (χ1v) is 16.6. The average molecular weight is 605 g/mol. The van der Waals surface area contributed by atoms with Gasteiger partial charge in [-0.05, 0) is 0 Å². The fourth-order valence-corrected chi connectivity index (χ4v) is 10.9. The second-order valence-electron chi connectivity index (χ2n) is 7.87. The van der Waals surface area contributed by atoms with Gasteiger partial charge >= 0.3 is 221 Å². The van der Waals surface area contributed by atoms with Crippen LogP contribution in [-0.2, 0) is 6.35 Å². The van der Waals surface area contributed by atoms with Gasteiger partial charge in [0.25, 0.3) is 0 Å². The van der Waals surface area contributed by atoms with Gasteiger partial charge in [0, 0.05) is 0 Å². The van der Waals surface area contributed by atoms with Crippen LogP contribution in [0.3, 0.4) is 0 Å². The van der Waals surface area contributed by atoms with E-state index >= 15 is 0 Å². The molecule has 0 aromatic heterocycles. The van der Waals surface area contributed by atoms with E-state index in [1.807, 2.05) is 60.7 Å². The Morgan fingerprint density at radius 1 is 0.541 bits per heavy atom. The first kappa shape index (κ1) is 26.2. The van der Waals surface area contributed by atoms with Crippen molar-refractivity contribution in [3.8, 4) is 11.5 Å². The zero-order valence-electron chi connectivity index (χ0n) is 20.3. The van der Waals surface area contributed by atoms with Gasteiger partial charge in [-0.2, -0.15) is 0 Å². The quantitative estimate of drug-likeness (QED) is 0.214. The number of ether oxygens (including phenoxy) is 2. The van der Waals surface area contributed by atoms with Crippen molar-refractivity contribution in [2.75, 3.05) is 14.2 Å². The average Bonchev–Trinajstić information content (AvgIpc) is 2.98. The van der Waals surface area contributed by atoms with E-state index in [0.717, 1.165) is 7.16 Å². The molecule has 0 aliphatic heterocycles. The molecule has 0 heterocycles. The minimum absolute atomic E-state index is 0.379. The number of amides is 2. The van der Waals surface area contributed by atoms with E-state index in [0.29, 0.717) is 22.6 Å². The van der Waals surface area contributed by atoms with Crippen LogP contribution in [0.1, 0.15) is 20.7 Å². The molecule has 188 valence electrons. The van der Waals surface area contributed by atoms with E-state index in [2.05, 4.69) is 11.0 Å². The van der Waals surface area contributed by atoms with Gasteiger partial charge in [-0.15, -0.1) is 0 Å². The maximum absolute atomic E-state index is 13.0. The van der Waals surface area contributed by atoms with Gasteiger partial charge in [-0.1, -0.05) is 0 Å². The van der Waals surface area contributed by atoms with E-state index in [1.54, 1.807) is 62.8 Å². The van der Waals surface area contributed by atoms with Crippen molar-refractivity contribution >= 4 is 38.2 Å². The summed E-state index contributed by atoms with van der Waals surface area (Å²) in [6, 6.07) is 31.9. The normalized spacial score (nSPS) is 10.9. The molecule has 4 rings (SSSR count). The van der Waals surface area contributed by atoms with Crippen molar-refractivity contribution < 1.29 is 25.4 Å². The zero-order chi connectivity index (χ0) is 26.1. The molecule has 0 atom stereocenters. The summed E-state index contributed by atoms with van der Waals surface area (Å²) in [6.45, 7) is 0. The van der Waals surface area contributed by atoms with Gasteiger partial charge in [0.05, 0.1) is 0 Å². The number of carbonyl (C=O) groups is 2. The van der Waals surface area contributed by atoms with Crippen LogP contribution in [0.2, 0.25) is 0 Å². The van der Waals surface area contributed by atoms with Gasteiger partial charge in [0.1, 0.15) is 0 Å². The number of benzene rings is 4. The number of hydrogen-bond acceptors (Lipinski definition) is 6. The number of nitrogens with one attached hydrogen (secondary N) is 2. The number of methoxy groups -OCH3 is 2. The molecule has 0 saturated heterocycles. The molecule has 9 heteroatoms. The van der Waals surface area contributed by atoms with E-state index in [-0.39, 0.29) is 0 Å². The predicted molar refractivity (Wildman–Crippen MR) is 141 cm³/mol. The van der Waals surface area contributed by atoms with Crippen LogP contribution in [-0.4, -0.2) is 45.2 Å². The summed E-state index contributed by atoms with van der Waals surface area (Å²) >= 11 is -4.70. The van der Waals surface area contributed by atoms with Crippen LogP contribution in [0, 0.1) is 0 Å². The Hall–Kier alpha value is -3.86. The summed E-state index contributed by atoms with van der Waals surface area (Å²) in [5, 5.41) is 0. The molecule has 0 unspecified atom stereocenters. The van der Waals surface area contributed by atoms with E-state index in [9.17, 15) is 9.59 Å². The van der Waals surface area contributed by atoms with Gasteiger partial charge in [-0.3, -0.25) is 0 Å². The summed E-state index contributed by atoms with van der Waals surface area (Å²) in [5.74, 6) is 0.342. The fourth-order valence-electron chi connectivity index (χ4n) is 3.58. The summed E-state index contributed by atoms with van der Waals surface area (Å²) in [4.78, 5) is 26.0. The molecule has 4 aromatic rings. The van der Waals surface area contributed by atoms with E-state index in [4.69, 9.17) is 15.8 Å². The maximum atomic E-state index is 13.0. The van der Waals surface area contributed by atoms with Crippen LogP contribution in [0.5, 0.6) is 11.5 Å². The molecule has 0 aliphatic carbocycles. The molecule has 2 amide bonds. The summed E-state index contributed by atoms with van der Waals surface area (Å²) in [7, 11) is 3.11. The van der Waals surface area contributed by atoms with E-state index in [1.165, 1.54) is 0 Å². The molecule has 2 N–H and O–H groups in total. The van der Waals surface area contributed by atoms with Crippen LogP contribution < -0.4 is 27.6 Å². The zero-order valence-corrected chi connectivity index (χ0v) is 23.2. The van der Waals surface area contributed by atoms with Crippen LogP contribution >= 0.6 is 0 Å². The SMILES string of the molecule is COc1ccc(C(=O)N[O][Sn]([O]NC(=O)c2ccc(OC)cc2)([c]2ccccc2)[c]2ccccc2)cc1. The molecule has 8 nitrogen and oxygen atoms in total. The van der Waals surface area contributed by atoms with E-state index < -0.39 is 31.0 Å². The summed E-state index contributed by atoms with van der Waals surface area (Å²) in [6.07, 6.45) is 0. The third kappa shape index (κ3) is 6.29. The van der Waals surface area contributed by atoms with Crippen LogP contribution in [0.25, 0.3) is 0 Å². The van der Waals surface area contributed by atoms with Crippen LogP contribution in [0.4, 0.5) is 0 Å². The van der Waals surface area contributed by atoms with Crippen molar-refractivity contribution in [3.05, 3.63) is 120 Å². The summed E-state index contributed by atoms with van der Waals surface area (Å²) < 4.78 is 24.3. The Bertz CT molecular complexity index is 1210. The second-order valence-corrected chi connectivity index (χ2v) is 15.9. The summed E-state index contributed by atoms with van der Waals surface area (Å²) in [5.41, 5.74) is 5.91. The number of carbonyl (C=O) groups excluding carboxylic acids is 2. The minimum atomic E-state index is -4.70. The topological polar surface area (TPSA) is 95.1 Å². The van der Waals surface area contributed by atoms with Crippen molar-refractivity contribution in [2.45, 2.75) is 0 Å². The molecule has 0 radical (unpaired) electrons. The Morgan fingerprint density at radius 2 is 0.892 bits per heavy atom. The number of hydroxylamine groups is 2. The second kappa shape index (κ2) is 12.4. The van der Waals surface area contributed by atoms with Crippen molar-refractivity contribution in [2.24, 2.45) is 0 Å². The number of rotatable bonds is 10. The van der Waals surface area contributed by atoms with Gasteiger partial charge in [-0.25, -0.2) is 0 Å².